The zero-order valence-electron chi connectivity index (χ0n) is 12.2. The maximum Gasteiger partial charge on any atom is 0.312 e. The number of phenolic OH excluding ortho intramolecular Hbond substituents is 1. The molecule has 0 bridgehead atoms. The summed E-state index contributed by atoms with van der Waals surface area (Å²) < 4.78 is 0. The number of nitrogens with zero attached hydrogens (tertiary/aromatic N) is 3. The van der Waals surface area contributed by atoms with E-state index in [9.17, 15) is 30.1 Å². The number of hydrazone groups is 1. The van der Waals surface area contributed by atoms with Gasteiger partial charge in [0, 0.05) is 22.7 Å². The summed E-state index contributed by atoms with van der Waals surface area (Å²) in [6.45, 7) is 0. The summed E-state index contributed by atoms with van der Waals surface area (Å²) in [6, 6.07) is 7.40. The molecule has 0 aliphatic rings. The number of rotatable bonds is 5. The minimum atomic E-state index is -0.862. The third kappa shape index (κ3) is 4.06. The van der Waals surface area contributed by atoms with Gasteiger partial charge in [-0.2, -0.15) is 5.10 Å². The van der Waals surface area contributed by atoms with Crippen molar-refractivity contribution in [1.29, 1.82) is 0 Å². The molecule has 1 amide bonds. The van der Waals surface area contributed by atoms with Gasteiger partial charge >= 0.3 is 5.69 Å². The van der Waals surface area contributed by atoms with E-state index >= 15 is 0 Å². The molecule has 0 saturated carbocycles. The van der Waals surface area contributed by atoms with Gasteiger partial charge in [-0.3, -0.25) is 25.0 Å². The molecule has 0 aromatic heterocycles. The van der Waals surface area contributed by atoms with Crippen molar-refractivity contribution in [2.24, 2.45) is 5.10 Å². The van der Waals surface area contributed by atoms with Crippen LogP contribution in [0, 0.1) is 20.2 Å². The highest BCUT2D eigenvalue weighted by Gasteiger charge is 2.19. The minimum absolute atomic E-state index is 0.0176. The van der Waals surface area contributed by atoms with E-state index in [1.165, 1.54) is 24.3 Å². The number of phenols is 1. The van der Waals surface area contributed by atoms with Gasteiger partial charge in [0.05, 0.1) is 16.1 Å². The first-order valence-corrected chi connectivity index (χ1v) is 6.92. The van der Waals surface area contributed by atoms with Crippen LogP contribution < -0.4 is 5.43 Å². The van der Waals surface area contributed by atoms with E-state index in [-0.39, 0.29) is 16.1 Å². The lowest BCUT2D eigenvalue weighted by Crippen LogP contribution is -2.19. The SMILES string of the molecule is O=C(N/N=C\c1cc(Cl)cc([N+](=O)[O-])c1O)c1ccccc1[N+](=O)[O-]. The van der Waals surface area contributed by atoms with Gasteiger partial charge in [0.15, 0.2) is 0 Å². The number of nitro groups is 2. The standard InChI is InChI=1S/C14H9ClN4O6/c15-9-5-8(13(20)12(6-9)19(24)25)7-16-17-14(21)10-3-1-2-4-11(10)18(22)23/h1-7,20H,(H,17,21)/b16-7-. The molecule has 0 heterocycles. The van der Waals surface area contributed by atoms with Crippen LogP contribution in [0.3, 0.4) is 0 Å². The van der Waals surface area contributed by atoms with Crippen LogP contribution in [0.15, 0.2) is 41.5 Å². The zero-order valence-corrected chi connectivity index (χ0v) is 13.0. The van der Waals surface area contributed by atoms with Crippen molar-refractivity contribution in [3.63, 3.8) is 0 Å². The molecule has 0 spiro atoms. The van der Waals surface area contributed by atoms with Crippen LogP contribution in [-0.2, 0) is 0 Å². The van der Waals surface area contributed by atoms with Gasteiger partial charge in [0.25, 0.3) is 11.6 Å². The Morgan fingerprint density at radius 3 is 2.44 bits per heavy atom. The lowest BCUT2D eigenvalue weighted by Gasteiger charge is -2.03. The van der Waals surface area contributed by atoms with Gasteiger partial charge in [-0.05, 0) is 12.1 Å². The van der Waals surface area contributed by atoms with E-state index in [4.69, 9.17) is 11.6 Å². The van der Waals surface area contributed by atoms with Crippen LogP contribution in [0.1, 0.15) is 15.9 Å². The molecule has 0 aliphatic heterocycles. The van der Waals surface area contributed by atoms with Gasteiger partial charge in [0.1, 0.15) is 5.56 Å². The molecule has 128 valence electrons. The van der Waals surface area contributed by atoms with Crippen LogP contribution in [0.5, 0.6) is 5.75 Å². The average molecular weight is 365 g/mol. The Bertz CT molecular complexity index is 899. The smallest absolute Gasteiger partial charge is 0.312 e. The van der Waals surface area contributed by atoms with Crippen LogP contribution in [0.2, 0.25) is 5.02 Å². The maximum absolute atomic E-state index is 12.0. The molecule has 2 N–H and O–H groups in total. The van der Waals surface area contributed by atoms with Gasteiger partial charge < -0.3 is 5.11 Å². The number of benzene rings is 2. The van der Waals surface area contributed by atoms with Crippen molar-refractivity contribution in [3.8, 4) is 5.75 Å². The van der Waals surface area contributed by atoms with Crippen LogP contribution in [0.25, 0.3) is 0 Å². The van der Waals surface area contributed by atoms with Gasteiger partial charge in [-0.1, -0.05) is 23.7 Å². The Morgan fingerprint density at radius 2 is 1.80 bits per heavy atom. The van der Waals surface area contributed by atoms with Crippen molar-refractivity contribution in [1.82, 2.24) is 5.43 Å². The number of nitrogens with one attached hydrogen (secondary N) is 1. The lowest BCUT2D eigenvalue weighted by molar-refractivity contribution is -0.385. The first-order chi connectivity index (χ1) is 11.8. The number of hydrogen-bond acceptors (Lipinski definition) is 7. The number of amides is 1. The fourth-order valence-electron chi connectivity index (χ4n) is 1.89. The number of nitro benzene ring substituents is 2. The third-order valence-corrected chi connectivity index (χ3v) is 3.21. The topological polar surface area (TPSA) is 148 Å². The van der Waals surface area contributed by atoms with Gasteiger partial charge in [0.2, 0.25) is 5.75 Å². The lowest BCUT2D eigenvalue weighted by atomic mass is 10.2. The number of carbonyl (C=O) groups excluding carboxylic acids is 1. The number of halogens is 1. The Kier molecular flexibility index (Phi) is 5.25. The van der Waals surface area contributed by atoms with Crippen molar-refractivity contribution in [2.45, 2.75) is 0 Å². The van der Waals surface area contributed by atoms with Crippen LogP contribution in [0.4, 0.5) is 11.4 Å². The first-order valence-electron chi connectivity index (χ1n) is 6.55. The second-order valence-electron chi connectivity index (χ2n) is 4.59. The summed E-state index contributed by atoms with van der Waals surface area (Å²) in [5.74, 6) is -1.54. The largest absolute Gasteiger partial charge is 0.502 e. The molecule has 11 heteroatoms. The highest BCUT2D eigenvalue weighted by Crippen LogP contribution is 2.32. The highest BCUT2D eigenvalue weighted by molar-refractivity contribution is 6.31. The highest BCUT2D eigenvalue weighted by atomic mass is 35.5. The first kappa shape index (κ1) is 17.8. The normalized spacial score (nSPS) is 10.6. The van der Waals surface area contributed by atoms with E-state index in [2.05, 4.69) is 5.10 Å². The summed E-state index contributed by atoms with van der Waals surface area (Å²) in [5.41, 5.74) is 0.682. The molecule has 0 atom stereocenters. The molecule has 0 unspecified atom stereocenters. The second-order valence-corrected chi connectivity index (χ2v) is 5.03. The fraction of sp³-hybridized carbons (Fsp3) is 0. The molecule has 10 nitrogen and oxygen atoms in total. The molecule has 2 aromatic carbocycles. The number of para-hydroxylation sites is 1. The minimum Gasteiger partial charge on any atom is -0.502 e. The monoisotopic (exact) mass is 364 g/mol. The van der Waals surface area contributed by atoms with E-state index in [0.29, 0.717) is 0 Å². The molecule has 2 aromatic rings. The van der Waals surface area contributed by atoms with Crippen molar-refractivity contribution in [3.05, 3.63) is 72.8 Å². The van der Waals surface area contributed by atoms with Gasteiger partial charge in [-0.25, -0.2) is 5.43 Å². The number of aromatic hydroxyl groups is 1. The summed E-state index contributed by atoms with van der Waals surface area (Å²) >= 11 is 5.72. The average Bonchev–Trinajstić information content (AvgIpc) is 2.57. The predicted octanol–water partition coefficient (Wildman–Crippen LogP) is 2.63. The van der Waals surface area contributed by atoms with E-state index < -0.39 is 32.9 Å². The Hall–Kier alpha value is -3.53. The maximum atomic E-state index is 12.0. The van der Waals surface area contributed by atoms with E-state index in [0.717, 1.165) is 18.3 Å². The van der Waals surface area contributed by atoms with E-state index in [1.807, 2.05) is 5.43 Å². The van der Waals surface area contributed by atoms with Crippen molar-refractivity contribution >= 4 is 35.1 Å². The zero-order chi connectivity index (χ0) is 18.6. The molecule has 0 radical (unpaired) electrons. The molecular weight excluding hydrogens is 356 g/mol. The third-order valence-electron chi connectivity index (χ3n) is 3.00. The van der Waals surface area contributed by atoms with Crippen LogP contribution in [-0.4, -0.2) is 27.1 Å². The molecule has 2 rings (SSSR count). The van der Waals surface area contributed by atoms with Crippen molar-refractivity contribution < 1.29 is 19.7 Å². The Morgan fingerprint density at radius 1 is 1.16 bits per heavy atom. The van der Waals surface area contributed by atoms with Crippen molar-refractivity contribution in [2.75, 3.05) is 0 Å². The molecule has 25 heavy (non-hydrogen) atoms. The molecular formula is C14H9ClN4O6. The molecule has 0 saturated heterocycles. The quantitative estimate of drug-likeness (QED) is 0.473. The number of hydrogen-bond donors (Lipinski definition) is 2. The molecule has 0 aliphatic carbocycles. The summed E-state index contributed by atoms with van der Waals surface area (Å²) in [4.78, 5) is 32.1. The number of carbonyl (C=O) groups is 1. The van der Waals surface area contributed by atoms with Crippen LogP contribution >= 0.6 is 11.6 Å². The summed E-state index contributed by atoms with van der Waals surface area (Å²) in [5, 5.41) is 35.0. The van der Waals surface area contributed by atoms with E-state index in [1.54, 1.807) is 0 Å². The molecule has 0 fully saturated rings. The summed E-state index contributed by atoms with van der Waals surface area (Å²) in [7, 11) is 0. The summed E-state index contributed by atoms with van der Waals surface area (Å²) in [6.07, 6.45) is 0.931. The second kappa shape index (κ2) is 7.36. The Labute approximate surface area is 144 Å². The predicted molar refractivity (Wildman–Crippen MR) is 87.9 cm³/mol. The Balaban J connectivity index is 2.24. The fourth-order valence-corrected chi connectivity index (χ4v) is 2.11. The van der Waals surface area contributed by atoms with Gasteiger partial charge in [-0.15, -0.1) is 0 Å².